The first-order chi connectivity index (χ1) is 1.00. The Morgan fingerprint density at radius 3 is 0.571 bits per heavy atom. The summed E-state index contributed by atoms with van der Waals surface area (Å²) in [6, 6.07) is 0. The molecule has 0 unspecified atom stereocenters. The van der Waals surface area contributed by atoms with Crippen LogP contribution in [0.3, 0.4) is 0 Å². The molecule has 0 saturated heterocycles. The van der Waals surface area contributed by atoms with E-state index in [1.54, 1.807) is 0 Å². The van der Waals surface area contributed by atoms with Crippen LogP contribution in [0.1, 0.15) is 0 Å². The monoisotopic (exact) mass is 180 g/mol. The molecule has 0 spiro atoms. The summed E-state index contributed by atoms with van der Waals surface area (Å²) in [5.74, 6) is 0. The van der Waals surface area contributed by atoms with E-state index in [-0.39, 0.29) is 51.2 Å². The molecule has 0 N–H and O–H groups in total. The summed E-state index contributed by atoms with van der Waals surface area (Å²) in [4.78, 5) is 0. The predicted molar refractivity (Wildman–Crippen MR) is 13.3 cm³/mol. The molecular formula is C2H4Cr2O3. The molecule has 42 valence electrons. The number of hydrogen-bond donors (Lipinski definition) is 0. The average molecular weight is 180 g/mol. The topological polar surface area (TPSA) is 85.5 Å². The first-order valence-corrected chi connectivity index (χ1v) is 0.500. The summed E-state index contributed by atoms with van der Waals surface area (Å²) in [5.41, 5.74) is 0. The van der Waals surface area contributed by atoms with Gasteiger partial charge in [-0.25, -0.2) is 0 Å². The van der Waals surface area contributed by atoms with E-state index >= 15 is 0 Å². The van der Waals surface area contributed by atoms with Gasteiger partial charge in [-0.3, -0.25) is 0 Å². The van der Waals surface area contributed by atoms with Crippen molar-refractivity contribution in [2.45, 2.75) is 0 Å². The van der Waals surface area contributed by atoms with Crippen molar-refractivity contribution in [3.63, 3.8) is 0 Å². The Morgan fingerprint density at radius 1 is 0.571 bits per heavy atom. The molecule has 0 heterocycles. The zero-order chi connectivity index (χ0) is 2.00. The Kier molecular flexibility index (Phi) is 7960. The molecule has 2 radical (unpaired) electrons. The molecule has 0 aromatic rings. The molecule has 0 fully saturated rings. The van der Waals surface area contributed by atoms with E-state index in [1.807, 2.05) is 0 Å². The SMILES string of the molecule is C=C.[Cr+3].[Cr+3].[O-2].[O-2].[O-2]. The van der Waals surface area contributed by atoms with Crippen molar-refractivity contribution < 1.29 is 51.2 Å². The molecule has 0 bridgehead atoms. The third kappa shape index (κ3) is 313. The molecule has 0 amide bonds. The van der Waals surface area contributed by atoms with Crippen LogP contribution in [-0.4, -0.2) is 0 Å². The second-order valence-electron chi connectivity index (χ2n) is 0. The summed E-state index contributed by atoms with van der Waals surface area (Å²) >= 11 is 0. The largest absolute Gasteiger partial charge is 3.00 e. The van der Waals surface area contributed by atoms with Gasteiger partial charge in [0.15, 0.2) is 0 Å². The van der Waals surface area contributed by atoms with Crippen molar-refractivity contribution in [1.29, 1.82) is 0 Å². The smallest absolute Gasteiger partial charge is 2.00 e. The molecular weight excluding hydrogens is 176 g/mol. The van der Waals surface area contributed by atoms with Gasteiger partial charge in [-0.15, -0.1) is 13.2 Å². The molecule has 0 saturated carbocycles. The van der Waals surface area contributed by atoms with Crippen LogP contribution in [0.4, 0.5) is 0 Å². The van der Waals surface area contributed by atoms with Gasteiger partial charge in [0.05, 0.1) is 0 Å². The summed E-state index contributed by atoms with van der Waals surface area (Å²) in [6.07, 6.45) is 0. The summed E-state index contributed by atoms with van der Waals surface area (Å²) in [5, 5.41) is 0. The molecule has 0 rings (SSSR count). The quantitative estimate of drug-likeness (QED) is 0.484. The van der Waals surface area contributed by atoms with E-state index in [0.29, 0.717) is 0 Å². The average Bonchev–Trinajstić information content (AvgIpc) is 1.00. The maximum Gasteiger partial charge on any atom is 3.00 e. The van der Waals surface area contributed by atoms with Crippen molar-refractivity contribution in [1.82, 2.24) is 0 Å². The van der Waals surface area contributed by atoms with Crippen LogP contribution in [0.5, 0.6) is 0 Å². The Bertz CT molecular complexity index is 10.9. The minimum absolute atomic E-state index is 0. The number of hydrogen-bond acceptors (Lipinski definition) is 0. The second kappa shape index (κ2) is 461. The molecule has 5 heteroatoms. The molecule has 3 nitrogen and oxygen atoms in total. The van der Waals surface area contributed by atoms with E-state index in [0.717, 1.165) is 0 Å². The van der Waals surface area contributed by atoms with E-state index < -0.39 is 0 Å². The van der Waals surface area contributed by atoms with Crippen LogP contribution in [0.2, 0.25) is 0 Å². The van der Waals surface area contributed by atoms with E-state index in [1.165, 1.54) is 0 Å². The van der Waals surface area contributed by atoms with Gasteiger partial charge in [0, 0.05) is 0 Å². The van der Waals surface area contributed by atoms with Crippen molar-refractivity contribution in [3.05, 3.63) is 13.2 Å². The van der Waals surface area contributed by atoms with Gasteiger partial charge in [0.2, 0.25) is 0 Å². The third-order valence-electron chi connectivity index (χ3n) is 0. The molecule has 0 aliphatic rings. The minimum Gasteiger partial charge on any atom is -2.00 e. The van der Waals surface area contributed by atoms with E-state index in [4.69, 9.17) is 0 Å². The molecule has 0 aliphatic heterocycles. The van der Waals surface area contributed by atoms with E-state index in [2.05, 4.69) is 13.2 Å². The van der Waals surface area contributed by atoms with Gasteiger partial charge in [-0.05, 0) is 0 Å². The maximum atomic E-state index is 3.00. The zero-order valence-corrected chi connectivity index (χ0v) is 6.01. The molecule has 0 aliphatic carbocycles. The van der Waals surface area contributed by atoms with Crippen molar-refractivity contribution >= 4 is 0 Å². The van der Waals surface area contributed by atoms with Crippen LogP contribution in [0.15, 0.2) is 13.2 Å². The Labute approximate surface area is 64.6 Å². The van der Waals surface area contributed by atoms with Gasteiger partial charge in [0.25, 0.3) is 0 Å². The van der Waals surface area contributed by atoms with Gasteiger partial charge >= 0.3 is 34.7 Å². The van der Waals surface area contributed by atoms with Gasteiger partial charge in [0.1, 0.15) is 0 Å². The first-order valence-electron chi connectivity index (χ1n) is 0.500. The van der Waals surface area contributed by atoms with Crippen LogP contribution in [0.25, 0.3) is 0 Å². The zero-order valence-electron chi connectivity index (χ0n) is 3.46. The first kappa shape index (κ1) is 121. The van der Waals surface area contributed by atoms with Crippen LogP contribution in [-0.2, 0) is 51.2 Å². The maximum absolute atomic E-state index is 3.00. The summed E-state index contributed by atoms with van der Waals surface area (Å²) in [7, 11) is 0. The van der Waals surface area contributed by atoms with Crippen molar-refractivity contribution in [2.24, 2.45) is 0 Å². The molecule has 0 atom stereocenters. The van der Waals surface area contributed by atoms with Crippen LogP contribution in [0, 0.1) is 0 Å². The normalized spacial score (nSPS) is 0.571. The second-order valence-corrected chi connectivity index (χ2v) is 0. The predicted octanol–water partition coefficient (Wildman–Crippen LogP) is 0.441. The Balaban J connectivity index is -0.000000000500. The fourth-order valence-corrected chi connectivity index (χ4v) is 0. The Morgan fingerprint density at radius 2 is 0.571 bits per heavy atom. The minimum atomic E-state index is 0. The number of rotatable bonds is 0. The van der Waals surface area contributed by atoms with Crippen molar-refractivity contribution in [2.75, 3.05) is 0 Å². The summed E-state index contributed by atoms with van der Waals surface area (Å²) < 4.78 is 0. The van der Waals surface area contributed by atoms with Gasteiger partial charge in [-0.1, -0.05) is 0 Å². The van der Waals surface area contributed by atoms with Crippen LogP contribution < -0.4 is 0 Å². The standard InChI is InChI=1S/C2H4.2Cr.3O/c1-2;;;;;/h1-2H2;;;;;/q;2*+3;3*-2. The van der Waals surface area contributed by atoms with E-state index in [9.17, 15) is 0 Å². The Hall–Kier alpha value is 0.685. The fraction of sp³-hybridized carbons (Fsp3) is 0. The summed E-state index contributed by atoms with van der Waals surface area (Å²) in [6.45, 7) is 6.00. The molecule has 0 aromatic heterocycles. The van der Waals surface area contributed by atoms with Gasteiger partial charge < -0.3 is 16.4 Å². The molecule has 7 heavy (non-hydrogen) atoms. The fourth-order valence-electron chi connectivity index (χ4n) is 0. The van der Waals surface area contributed by atoms with Gasteiger partial charge in [-0.2, -0.15) is 0 Å². The third-order valence-corrected chi connectivity index (χ3v) is 0. The molecule has 0 aromatic carbocycles. The van der Waals surface area contributed by atoms with Crippen molar-refractivity contribution in [3.8, 4) is 0 Å². The van der Waals surface area contributed by atoms with Crippen LogP contribution >= 0.6 is 0 Å².